The van der Waals surface area contributed by atoms with Crippen molar-refractivity contribution in [2.75, 3.05) is 12.4 Å². The van der Waals surface area contributed by atoms with Crippen molar-refractivity contribution < 1.29 is 13.9 Å². The smallest absolute Gasteiger partial charge is 0.228 e. The molecule has 0 bridgehead atoms. The zero-order valence-corrected chi connectivity index (χ0v) is 13.1. The molecule has 6 heteroatoms. The molecule has 0 aliphatic heterocycles. The Bertz CT molecular complexity index is 847. The van der Waals surface area contributed by atoms with Crippen LogP contribution >= 0.6 is 0 Å². The second-order valence-electron chi connectivity index (χ2n) is 5.15. The summed E-state index contributed by atoms with van der Waals surface area (Å²) in [6.07, 6.45) is 3.37. The van der Waals surface area contributed by atoms with Gasteiger partial charge in [0.2, 0.25) is 5.91 Å². The SMILES string of the molecule is COc1ccccc1CC(=O)Nc1ccc(-n2cccn2)c(F)c1. The van der Waals surface area contributed by atoms with Crippen LogP contribution in [0.5, 0.6) is 5.75 Å². The lowest BCUT2D eigenvalue weighted by molar-refractivity contribution is -0.115. The van der Waals surface area contributed by atoms with Crippen molar-refractivity contribution in [3.8, 4) is 11.4 Å². The number of nitrogens with one attached hydrogen (secondary N) is 1. The zero-order chi connectivity index (χ0) is 16.9. The number of halogens is 1. The zero-order valence-electron chi connectivity index (χ0n) is 13.1. The van der Waals surface area contributed by atoms with Crippen molar-refractivity contribution in [2.24, 2.45) is 0 Å². The maximum Gasteiger partial charge on any atom is 0.228 e. The fourth-order valence-electron chi connectivity index (χ4n) is 2.41. The van der Waals surface area contributed by atoms with Crippen LogP contribution in [0.15, 0.2) is 60.9 Å². The number of ether oxygens (including phenoxy) is 1. The first-order valence-corrected chi connectivity index (χ1v) is 7.38. The van der Waals surface area contributed by atoms with E-state index in [4.69, 9.17) is 4.74 Å². The van der Waals surface area contributed by atoms with Crippen LogP contribution < -0.4 is 10.1 Å². The van der Waals surface area contributed by atoms with E-state index in [-0.39, 0.29) is 12.3 Å². The lowest BCUT2D eigenvalue weighted by atomic mass is 10.1. The standard InChI is InChI=1S/C18H16FN3O2/c1-24-17-6-3-2-5-13(17)11-18(23)21-14-7-8-16(15(19)12-14)22-10-4-9-20-22/h2-10,12H,11H2,1H3,(H,21,23). The number of rotatable bonds is 5. The summed E-state index contributed by atoms with van der Waals surface area (Å²) in [4.78, 5) is 12.2. The summed E-state index contributed by atoms with van der Waals surface area (Å²) < 4.78 is 20.8. The highest BCUT2D eigenvalue weighted by atomic mass is 19.1. The third kappa shape index (κ3) is 3.43. The van der Waals surface area contributed by atoms with Gasteiger partial charge >= 0.3 is 0 Å². The second kappa shape index (κ2) is 6.95. The molecule has 0 fully saturated rings. The van der Waals surface area contributed by atoms with Crippen molar-refractivity contribution in [3.63, 3.8) is 0 Å². The molecule has 0 saturated carbocycles. The third-order valence-corrected chi connectivity index (χ3v) is 3.53. The van der Waals surface area contributed by atoms with Gasteiger partial charge in [0.15, 0.2) is 5.82 Å². The van der Waals surface area contributed by atoms with Crippen LogP contribution in [0.1, 0.15) is 5.56 Å². The summed E-state index contributed by atoms with van der Waals surface area (Å²) in [6, 6.07) is 13.5. The Hall–Kier alpha value is -3.15. The van der Waals surface area contributed by atoms with E-state index in [1.165, 1.54) is 10.7 Å². The number of amides is 1. The van der Waals surface area contributed by atoms with E-state index in [2.05, 4.69) is 10.4 Å². The third-order valence-electron chi connectivity index (χ3n) is 3.53. The number of carbonyl (C=O) groups is 1. The summed E-state index contributed by atoms with van der Waals surface area (Å²) in [5.41, 5.74) is 1.48. The Balaban J connectivity index is 1.72. The van der Waals surface area contributed by atoms with Gasteiger partial charge in [-0.15, -0.1) is 0 Å². The van der Waals surface area contributed by atoms with Gasteiger partial charge in [0.1, 0.15) is 11.4 Å². The molecule has 1 N–H and O–H groups in total. The molecule has 1 heterocycles. The number of nitrogens with zero attached hydrogens (tertiary/aromatic N) is 2. The number of anilines is 1. The molecule has 0 unspecified atom stereocenters. The Labute approximate surface area is 138 Å². The second-order valence-corrected chi connectivity index (χ2v) is 5.15. The molecule has 0 aliphatic rings. The van der Waals surface area contributed by atoms with Crippen molar-refractivity contribution in [2.45, 2.75) is 6.42 Å². The highest BCUT2D eigenvalue weighted by Crippen LogP contribution is 2.20. The largest absolute Gasteiger partial charge is 0.496 e. The molecule has 0 aliphatic carbocycles. The van der Waals surface area contributed by atoms with E-state index in [1.807, 2.05) is 18.2 Å². The lowest BCUT2D eigenvalue weighted by Crippen LogP contribution is -2.15. The number of benzene rings is 2. The van der Waals surface area contributed by atoms with E-state index in [1.54, 1.807) is 43.8 Å². The number of hydrogen-bond donors (Lipinski definition) is 1. The Morgan fingerprint density at radius 1 is 1.25 bits per heavy atom. The summed E-state index contributed by atoms with van der Waals surface area (Å²) in [5.74, 6) is -0.0626. The van der Waals surface area contributed by atoms with Crippen LogP contribution in [0.4, 0.5) is 10.1 Å². The average Bonchev–Trinajstić information content (AvgIpc) is 3.09. The molecular weight excluding hydrogens is 309 g/mol. The van der Waals surface area contributed by atoms with Crippen molar-refractivity contribution >= 4 is 11.6 Å². The van der Waals surface area contributed by atoms with Crippen molar-refractivity contribution in [3.05, 3.63) is 72.3 Å². The van der Waals surface area contributed by atoms with Gasteiger partial charge in [0, 0.05) is 23.6 Å². The van der Waals surface area contributed by atoms with Crippen LogP contribution in [0, 0.1) is 5.82 Å². The first kappa shape index (κ1) is 15.7. The molecule has 5 nitrogen and oxygen atoms in total. The van der Waals surface area contributed by atoms with Gasteiger partial charge in [0.25, 0.3) is 0 Å². The minimum absolute atomic E-state index is 0.145. The van der Waals surface area contributed by atoms with E-state index in [0.717, 1.165) is 5.56 Å². The molecule has 3 aromatic rings. The van der Waals surface area contributed by atoms with Crippen LogP contribution in [0.3, 0.4) is 0 Å². The Morgan fingerprint density at radius 2 is 2.08 bits per heavy atom. The van der Waals surface area contributed by atoms with E-state index < -0.39 is 5.82 Å². The topological polar surface area (TPSA) is 56.1 Å². The van der Waals surface area contributed by atoms with Gasteiger partial charge in [-0.05, 0) is 30.3 Å². The number of hydrogen-bond acceptors (Lipinski definition) is 3. The average molecular weight is 325 g/mol. The van der Waals surface area contributed by atoms with Crippen molar-refractivity contribution in [1.82, 2.24) is 9.78 Å². The molecule has 24 heavy (non-hydrogen) atoms. The molecule has 0 saturated heterocycles. The normalized spacial score (nSPS) is 10.4. The van der Waals surface area contributed by atoms with Crippen LogP contribution in [0.2, 0.25) is 0 Å². The van der Waals surface area contributed by atoms with Gasteiger partial charge in [-0.1, -0.05) is 18.2 Å². The molecule has 1 amide bonds. The molecule has 0 atom stereocenters. The van der Waals surface area contributed by atoms with Gasteiger partial charge in [-0.25, -0.2) is 9.07 Å². The quantitative estimate of drug-likeness (QED) is 0.784. The van der Waals surface area contributed by atoms with Gasteiger partial charge in [0.05, 0.1) is 13.5 Å². The Kier molecular flexibility index (Phi) is 4.56. The number of methoxy groups -OCH3 is 1. The highest BCUT2D eigenvalue weighted by Gasteiger charge is 2.11. The number of para-hydroxylation sites is 1. The fraction of sp³-hybridized carbons (Fsp3) is 0.111. The van der Waals surface area contributed by atoms with Gasteiger partial charge < -0.3 is 10.1 Å². The summed E-state index contributed by atoms with van der Waals surface area (Å²) in [6.45, 7) is 0. The fourth-order valence-corrected chi connectivity index (χ4v) is 2.41. The Morgan fingerprint density at radius 3 is 2.79 bits per heavy atom. The molecule has 3 rings (SSSR count). The van der Waals surface area contributed by atoms with Crippen LogP contribution in [-0.4, -0.2) is 22.8 Å². The maximum atomic E-state index is 14.2. The minimum atomic E-state index is -0.464. The monoisotopic (exact) mass is 325 g/mol. The van der Waals surface area contributed by atoms with E-state index in [9.17, 15) is 9.18 Å². The predicted molar refractivity (Wildman–Crippen MR) is 88.8 cm³/mol. The first-order chi connectivity index (χ1) is 11.7. The summed E-state index contributed by atoms with van der Waals surface area (Å²) >= 11 is 0. The number of carbonyl (C=O) groups excluding carboxylic acids is 1. The lowest BCUT2D eigenvalue weighted by Gasteiger charge is -2.10. The van der Waals surface area contributed by atoms with E-state index in [0.29, 0.717) is 17.1 Å². The molecule has 1 aromatic heterocycles. The van der Waals surface area contributed by atoms with Crippen LogP contribution in [0.25, 0.3) is 5.69 Å². The van der Waals surface area contributed by atoms with Gasteiger partial charge in [-0.2, -0.15) is 5.10 Å². The van der Waals surface area contributed by atoms with Crippen LogP contribution in [-0.2, 0) is 11.2 Å². The number of aromatic nitrogens is 2. The predicted octanol–water partition coefficient (Wildman–Crippen LogP) is 3.20. The van der Waals surface area contributed by atoms with Gasteiger partial charge in [-0.3, -0.25) is 4.79 Å². The first-order valence-electron chi connectivity index (χ1n) is 7.38. The molecule has 0 radical (unpaired) electrons. The minimum Gasteiger partial charge on any atom is -0.496 e. The molecular formula is C18H16FN3O2. The maximum absolute atomic E-state index is 14.2. The summed E-state index contributed by atoms with van der Waals surface area (Å²) in [5, 5.41) is 6.68. The molecule has 122 valence electrons. The molecule has 0 spiro atoms. The van der Waals surface area contributed by atoms with Crippen molar-refractivity contribution in [1.29, 1.82) is 0 Å². The summed E-state index contributed by atoms with van der Waals surface area (Å²) in [7, 11) is 1.56. The molecule has 2 aromatic carbocycles. The highest BCUT2D eigenvalue weighted by molar-refractivity contribution is 5.92. The van der Waals surface area contributed by atoms with E-state index >= 15 is 0 Å².